The maximum absolute atomic E-state index is 2.09. The predicted molar refractivity (Wildman–Crippen MR) is 70.4 cm³/mol. The van der Waals surface area contributed by atoms with E-state index in [0.29, 0.717) is 0 Å². The number of hydrogen-bond acceptors (Lipinski definition) is 0. The van der Waals surface area contributed by atoms with E-state index in [1.165, 1.54) is 38.5 Å². The average Bonchev–Trinajstić information content (AvgIpc) is 2.85. The Bertz CT molecular complexity index is 421. The van der Waals surface area contributed by atoms with E-state index in [2.05, 4.69) is 3.58 Å². The van der Waals surface area contributed by atoms with Crippen LogP contribution in [0.15, 0.2) is 0 Å². The molecule has 2 atom stereocenters. The van der Waals surface area contributed by atoms with Crippen molar-refractivity contribution in [3.63, 3.8) is 0 Å². The van der Waals surface area contributed by atoms with Crippen LogP contribution >= 0.6 is 0 Å². The van der Waals surface area contributed by atoms with Crippen LogP contribution in [-0.2, 0) is 12.8 Å². The first-order valence-electron chi connectivity index (χ1n) is 6.74. The van der Waals surface area contributed by atoms with Crippen LogP contribution in [0.25, 0.3) is 0 Å². The molecule has 2 aliphatic carbocycles. The molecule has 1 aliphatic heterocycles. The standard InChI is InChI=1S/C14H18SeTe/c1-3-7-11-9(5-1)14-13(15-11)10-6-2-4-8-12(10)16-14/h9,11H,1-8H2. The molecule has 0 aromatic carbocycles. The summed E-state index contributed by atoms with van der Waals surface area (Å²) in [6.07, 6.45) is 12.2. The van der Waals surface area contributed by atoms with Crippen LogP contribution in [0.3, 0.4) is 0 Å². The monoisotopic (exact) mass is 396 g/mol. The molecular formula is C14H18SeTe. The van der Waals surface area contributed by atoms with Crippen LogP contribution in [-0.4, -0.2) is 35.4 Å². The summed E-state index contributed by atoms with van der Waals surface area (Å²) < 4.78 is 6.09. The second-order valence-electron chi connectivity index (χ2n) is 5.45. The molecule has 1 fully saturated rings. The molecule has 1 saturated carbocycles. The van der Waals surface area contributed by atoms with Crippen molar-refractivity contribution in [2.75, 3.05) is 0 Å². The maximum atomic E-state index is 2.09. The van der Waals surface area contributed by atoms with E-state index in [-0.39, 0.29) is 20.4 Å². The first-order valence-corrected chi connectivity index (χ1v) is 10.9. The van der Waals surface area contributed by atoms with E-state index in [1.807, 2.05) is 13.6 Å². The molecule has 16 heavy (non-hydrogen) atoms. The van der Waals surface area contributed by atoms with Gasteiger partial charge in [-0.2, -0.15) is 0 Å². The molecule has 0 N–H and O–H groups in total. The van der Waals surface area contributed by atoms with E-state index in [1.54, 1.807) is 12.8 Å². The van der Waals surface area contributed by atoms with E-state index >= 15 is 0 Å². The summed E-state index contributed by atoms with van der Waals surface area (Å²) in [5, 5.41) is 0. The van der Waals surface area contributed by atoms with E-state index in [4.69, 9.17) is 0 Å². The van der Waals surface area contributed by atoms with Gasteiger partial charge in [0, 0.05) is 0 Å². The fourth-order valence-corrected chi connectivity index (χ4v) is 13.7. The van der Waals surface area contributed by atoms with E-state index in [9.17, 15) is 0 Å². The third kappa shape index (κ3) is 1.54. The first-order chi connectivity index (χ1) is 7.93. The Labute approximate surface area is 114 Å². The Morgan fingerprint density at radius 1 is 1.00 bits per heavy atom. The fourth-order valence-electron chi connectivity index (χ4n) is 3.62. The second-order valence-corrected chi connectivity index (χ2v) is 11.3. The van der Waals surface area contributed by atoms with Gasteiger partial charge in [0.05, 0.1) is 0 Å². The summed E-state index contributed by atoms with van der Waals surface area (Å²) in [6.45, 7) is 0. The normalized spacial score (nSPS) is 32.0. The van der Waals surface area contributed by atoms with Crippen molar-refractivity contribution in [2.45, 2.75) is 62.1 Å². The molecule has 0 radical (unpaired) electrons. The van der Waals surface area contributed by atoms with Crippen molar-refractivity contribution in [3.05, 3.63) is 12.7 Å². The van der Waals surface area contributed by atoms with Gasteiger partial charge in [-0.1, -0.05) is 0 Å². The van der Waals surface area contributed by atoms with Crippen LogP contribution in [0, 0.1) is 0 Å². The molecule has 1 aromatic rings. The molecule has 0 nitrogen and oxygen atoms in total. The van der Waals surface area contributed by atoms with Crippen molar-refractivity contribution in [1.29, 1.82) is 0 Å². The van der Waals surface area contributed by atoms with Gasteiger partial charge >= 0.3 is 115 Å². The Morgan fingerprint density at radius 3 is 2.88 bits per heavy atom. The summed E-state index contributed by atoms with van der Waals surface area (Å²) in [7, 11) is 0. The van der Waals surface area contributed by atoms with Gasteiger partial charge in [-0.25, -0.2) is 0 Å². The molecule has 2 unspecified atom stereocenters. The Morgan fingerprint density at radius 2 is 1.88 bits per heavy atom. The van der Waals surface area contributed by atoms with Gasteiger partial charge in [-0.15, -0.1) is 0 Å². The summed E-state index contributed by atoms with van der Waals surface area (Å²) in [5.74, 6) is 1.11. The molecule has 0 bridgehead atoms. The Balaban J connectivity index is 1.78. The van der Waals surface area contributed by atoms with E-state index < -0.39 is 0 Å². The second kappa shape index (κ2) is 4.17. The van der Waals surface area contributed by atoms with Crippen LogP contribution in [0.2, 0.25) is 4.82 Å². The van der Waals surface area contributed by atoms with Crippen LogP contribution in [0.4, 0.5) is 0 Å². The molecule has 86 valence electrons. The van der Waals surface area contributed by atoms with Crippen molar-refractivity contribution in [1.82, 2.24) is 0 Å². The number of hydrogen-bond donors (Lipinski definition) is 0. The van der Waals surface area contributed by atoms with Crippen molar-refractivity contribution >= 4 is 39.8 Å². The van der Waals surface area contributed by atoms with Crippen molar-refractivity contribution < 1.29 is 0 Å². The molecule has 2 heterocycles. The van der Waals surface area contributed by atoms with Gasteiger partial charge in [0.25, 0.3) is 0 Å². The number of rotatable bonds is 0. The zero-order valence-corrected chi connectivity index (χ0v) is 13.7. The third-order valence-electron chi connectivity index (χ3n) is 4.46. The van der Waals surface area contributed by atoms with Crippen LogP contribution < -0.4 is 4.46 Å². The quantitative estimate of drug-likeness (QED) is 0.595. The summed E-state index contributed by atoms with van der Waals surface area (Å²) in [5.41, 5.74) is 1.94. The molecule has 3 aliphatic rings. The Kier molecular flexibility index (Phi) is 2.78. The molecule has 0 saturated heterocycles. The predicted octanol–water partition coefficient (Wildman–Crippen LogP) is 2.41. The zero-order chi connectivity index (χ0) is 10.5. The van der Waals surface area contributed by atoms with Gasteiger partial charge in [0.15, 0.2) is 0 Å². The Hall–Kier alpha value is 0.789. The number of aryl methyl sites for hydroxylation is 1. The van der Waals surface area contributed by atoms with Gasteiger partial charge in [0.1, 0.15) is 0 Å². The van der Waals surface area contributed by atoms with Crippen molar-refractivity contribution in [3.8, 4) is 0 Å². The molecule has 2 heteroatoms. The summed E-state index contributed by atoms with van der Waals surface area (Å²) in [4.78, 5) is 1.16. The molecule has 4 rings (SSSR count). The van der Waals surface area contributed by atoms with Gasteiger partial charge in [0.2, 0.25) is 0 Å². The van der Waals surface area contributed by atoms with Crippen LogP contribution in [0.1, 0.15) is 57.2 Å². The van der Waals surface area contributed by atoms with Crippen molar-refractivity contribution in [2.24, 2.45) is 0 Å². The summed E-state index contributed by atoms with van der Waals surface area (Å²) in [6, 6.07) is 0. The average molecular weight is 393 g/mol. The van der Waals surface area contributed by atoms with E-state index in [0.717, 1.165) is 25.7 Å². The summed E-state index contributed by atoms with van der Waals surface area (Å²) >= 11 is 1.08. The van der Waals surface area contributed by atoms with Gasteiger partial charge in [-0.3, -0.25) is 0 Å². The van der Waals surface area contributed by atoms with Crippen LogP contribution in [0.5, 0.6) is 0 Å². The zero-order valence-electron chi connectivity index (χ0n) is 9.63. The molecule has 0 spiro atoms. The minimum atomic E-state index is 0.174. The third-order valence-corrected chi connectivity index (χ3v) is 12.7. The van der Waals surface area contributed by atoms with Gasteiger partial charge in [-0.05, 0) is 0 Å². The number of fused-ring (bicyclic) bond motifs is 5. The first kappa shape index (κ1) is 10.7. The molecular weight excluding hydrogens is 375 g/mol. The molecule has 1 aromatic heterocycles. The van der Waals surface area contributed by atoms with Gasteiger partial charge < -0.3 is 0 Å². The SMILES string of the molecule is C1CCc2c([te]c3c2[Se]C2CCCCC32)C1. The minimum absolute atomic E-state index is 0.174. The fraction of sp³-hybridized carbons (Fsp3) is 0.714. The molecule has 0 amide bonds. The topological polar surface area (TPSA) is 0 Å².